The third-order valence-corrected chi connectivity index (χ3v) is 8.42. The summed E-state index contributed by atoms with van der Waals surface area (Å²) in [6.45, 7) is 1.27. The Morgan fingerprint density at radius 3 is 2.34 bits per heavy atom. The molecular weight excluding hydrogens is 583 g/mol. The van der Waals surface area contributed by atoms with Gasteiger partial charge in [-0.2, -0.15) is 0 Å². The van der Waals surface area contributed by atoms with Crippen molar-refractivity contribution in [3.63, 3.8) is 0 Å². The van der Waals surface area contributed by atoms with Crippen LogP contribution < -0.4 is 10.2 Å². The molecule has 1 saturated carbocycles. The number of nitrogens with one attached hydrogen (secondary N) is 1. The topological polar surface area (TPSA) is 92.8 Å². The fourth-order valence-corrected chi connectivity index (χ4v) is 5.51. The molecule has 0 spiro atoms. The van der Waals surface area contributed by atoms with Crippen LogP contribution in [0.2, 0.25) is 5.02 Å². The molecule has 1 N–H and O–H groups in total. The predicted octanol–water partition coefficient (Wildman–Crippen LogP) is 5.32. The predicted molar refractivity (Wildman–Crippen MR) is 137 cm³/mol. The van der Waals surface area contributed by atoms with Gasteiger partial charge in [0.2, 0.25) is 11.8 Å². The smallest absolute Gasteiger partial charge is 0.338 e. The number of alkyl halides is 2. The van der Waals surface area contributed by atoms with E-state index in [0.717, 1.165) is 10.5 Å². The molecule has 0 bridgehead atoms. The van der Waals surface area contributed by atoms with Gasteiger partial charge >= 0.3 is 5.97 Å². The molecule has 1 aliphatic carbocycles. The summed E-state index contributed by atoms with van der Waals surface area (Å²) in [7, 11) is 0. The minimum atomic E-state index is -0.772. The monoisotopic (exact) mass is 600 g/mol. The zero-order valence-electron chi connectivity index (χ0n) is 18.4. The van der Waals surface area contributed by atoms with Gasteiger partial charge < -0.3 is 10.1 Å². The minimum Gasteiger partial charge on any atom is -0.452 e. The number of esters is 1. The Morgan fingerprint density at radius 2 is 1.71 bits per heavy atom. The number of imide groups is 1. The number of carbonyl (C=O) groups excluding carboxylic acids is 4. The van der Waals surface area contributed by atoms with Gasteiger partial charge in [-0.3, -0.25) is 19.3 Å². The molecule has 1 heterocycles. The van der Waals surface area contributed by atoms with Gasteiger partial charge in [0, 0.05) is 10.2 Å². The standard InChI is InChI=1S/C24H20BrCl3N2O5/c1-11-5-16(25)17(26)9-20(11)29-21(31)10-35-24(34)12-3-2-4-13(6-12)30-22(32)14-7-18(27)19(28)8-15(14)23(30)33/h2-6,9,14-15,18-19H,7-8,10H2,1H3,(H,29,31)/t14-,15+,18+,19-. The van der Waals surface area contributed by atoms with Crippen molar-refractivity contribution in [1.29, 1.82) is 0 Å². The van der Waals surface area contributed by atoms with Crippen LogP contribution in [0.15, 0.2) is 40.9 Å². The molecular formula is C24H20BrCl3N2O5. The van der Waals surface area contributed by atoms with E-state index in [1.54, 1.807) is 25.1 Å². The molecule has 2 aliphatic rings. The quantitative estimate of drug-likeness (QED) is 0.284. The van der Waals surface area contributed by atoms with Crippen LogP contribution in [0.4, 0.5) is 11.4 Å². The molecule has 0 aromatic heterocycles. The summed E-state index contributed by atoms with van der Waals surface area (Å²) in [5.41, 5.74) is 1.62. The first kappa shape index (κ1) is 25.9. The maximum atomic E-state index is 13.0. The molecule has 184 valence electrons. The molecule has 35 heavy (non-hydrogen) atoms. The largest absolute Gasteiger partial charge is 0.452 e. The lowest BCUT2D eigenvalue weighted by Gasteiger charge is -2.28. The van der Waals surface area contributed by atoms with Crippen LogP contribution in [-0.4, -0.2) is 41.1 Å². The van der Waals surface area contributed by atoms with Crippen molar-refractivity contribution in [2.75, 3.05) is 16.8 Å². The summed E-state index contributed by atoms with van der Waals surface area (Å²) in [4.78, 5) is 51.9. The minimum absolute atomic E-state index is 0.0964. The highest BCUT2D eigenvalue weighted by Crippen LogP contribution is 2.43. The van der Waals surface area contributed by atoms with Gasteiger partial charge in [-0.25, -0.2) is 4.79 Å². The van der Waals surface area contributed by atoms with Gasteiger partial charge in [-0.05, 0) is 71.6 Å². The van der Waals surface area contributed by atoms with E-state index in [9.17, 15) is 19.2 Å². The van der Waals surface area contributed by atoms with Crippen LogP contribution in [0, 0.1) is 18.8 Å². The molecule has 0 unspecified atom stereocenters. The average Bonchev–Trinajstić information content (AvgIpc) is 3.05. The Kier molecular flexibility index (Phi) is 7.76. The zero-order chi connectivity index (χ0) is 25.4. The molecule has 4 rings (SSSR count). The van der Waals surface area contributed by atoms with Crippen molar-refractivity contribution in [1.82, 2.24) is 0 Å². The van der Waals surface area contributed by atoms with Crippen molar-refractivity contribution < 1.29 is 23.9 Å². The number of fused-ring (bicyclic) bond motifs is 1. The number of rotatable bonds is 5. The number of hydrogen-bond acceptors (Lipinski definition) is 5. The van der Waals surface area contributed by atoms with Crippen LogP contribution >= 0.6 is 50.7 Å². The molecule has 7 nitrogen and oxygen atoms in total. The van der Waals surface area contributed by atoms with Gasteiger partial charge in [0.1, 0.15) is 0 Å². The average molecular weight is 603 g/mol. The van der Waals surface area contributed by atoms with Crippen molar-refractivity contribution in [3.8, 4) is 0 Å². The van der Waals surface area contributed by atoms with E-state index < -0.39 is 30.3 Å². The highest BCUT2D eigenvalue weighted by atomic mass is 79.9. The number of hydrogen-bond donors (Lipinski definition) is 1. The van der Waals surface area contributed by atoms with Gasteiger partial charge in [-0.15, -0.1) is 23.2 Å². The van der Waals surface area contributed by atoms with E-state index in [-0.39, 0.29) is 33.8 Å². The van der Waals surface area contributed by atoms with Crippen molar-refractivity contribution in [2.24, 2.45) is 11.8 Å². The van der Waals surface area contributed by atoms with Crippen molar-refractivity contribution >= 4 is 85.8 Å². The van der Waals surface area contributed by atoms with Gasteiger partial charge in [0.15, 0.2) is 6.61 Å². The zero-order valence-corrected chi connectivity index (χ0v) is 22.2. The summed E-state index contributed by atoms with van der Waals surface area (Å²) in [5, 5.41) is 2.29. The number of nitrogens with zero attached hydrogens (tertiary/aromatic N) is 1. The van der Waals surface area contributed by atoms with Gasteiger partial charge in [-0.1, -0.05) is 17.7 Å². The van der Waals surface area contributed by atoms with E-state index in [2.05, 4.69) is 21.2 Å². The number of benzene rings is 2. The second-order valence-corrected chi connectivity index (χ2v) is 10.9. The Balaban J connectivity index is 1.42. The highest BCUT2D eigenvalue weighted by Gasteiger charge is 2.52. The van der Waals surface area contributed by atoms with E-state index in [1.165, 1.54) is 18.2 Å². The SMILES string of the molecule is Cc1cc(Br)c(Cl)cc1NC(=O)COC(=O)c1cccc(N2C(=O)[C@H]3C[C@@H](Cl)[C@@H](Cl)C[C@H]3C2=O)c1. The molecule has 2 aromatic rings. The lowest BCUT2D eigenvalue weighted by Crippen LogP contribution is -2.34. The first-order chi connectivity index (χ1) is 16.6. The number of anilines is 2. The Morgan fingerprint density at radius 1 is 1.09 bits per heavy atom. The fraction of sp³-hybridized carbons (Fsp3) is 0.333. The lowest BCUT2D eigenvalue weighted by molar-refractivity contribution is -0.122. The Labute approximate surface area is 225 Å². The first-order valence-corrected chi connectivity index (χ1v) is 12.8. The van der Waals surface area contributed by atoms with E-state index in [4.69, 9.17) is 39.5 Å². The lowest BCUT2D eigenvalue weighted by atomic mass is 9.80. The third kappa shape index (κ3) is 5.35. The number of carbonyl (C=O) groups is 4. The molecule has 11 heteroatoms. The second kappa shape index (κ2) is 10.5. The highest BCUT2D eigenvalue weighted by molar-refractivity contribution is 9.10. The van der Waals surface area contributed by atoms with Crippen LogP contribution in [0.5, 0.6) is 0 Å². The summed E-state index contributed by atoms with van der Waals surface area (Å²) in [5.74, 6) is -3.10. The van der Waals surface area contributed by atoms with Crippen LogP contribution in [-0.2, 0) is 19.1 Å². The van der Waals surface area contributed by atoms with Crippen molar-refractivity contribution in [3.05, 3.63) is 57.0 Å². The Hall–Kier alpha value is -2.13. The maximum Gasteiger partial charge on any atom is 0.338 e. The summed E-state index contributed by atoms with van der Waals surface area (Å²) >= 11 is 21.8. The van der Waals surface area contributed by atoms with Crippen molar-refractivity contribution in [2.45, 2.75) is 30.5 Å². The number of aryl methyl sites for hydroxylation is 1. The number of halogens is 4. The number of amides is 3. The summed E-state index contributed by atoms with van der Waals surface area (Å²) in [6, 6.07) is 9.31. The summed E-state index contributed by atoms with van der Waals surface area (Å²) in [6.07, 6.45) is 0.642. The molecule has 2 fully saturated rings. The normalized spacial score (nSPS) is 23.7. The van der Waals surface area contributed by atoms with Crippen LogP contribution in [0.25, 0.3) is 0 Å². The maximum absolute atomic E-state index is 13.0. The molecule has 1 saturated heterocycles. The van der Waals surface area contributed by atoms with Gasteiger partial charge in [0.25, 0.3) is 5.91 Å². The van der Waals surface area contributed by atoms with Crippen LogP contribution in [0.1, 0.15) is 28.8 Å². The molecule has 1 aliphatic heterocycles. The van der Waals surface area contributed by atoms with E-state index in [0.29, 0.717) is 28.0 Å². The van der Waals surface area contributed by atoms with E-state index in [1.807, 2.05) is 0 Å². The number of ether oxygens (including phenoxy) is 1. The first-order valence-electron chi connectivity index (χ1n) is 10.8. The van der Waals surface area contributed by atoms with Gasteiger partial charge in [0.05, 0.1) is 38.9 Å². The fourth-order valence-electron chi connectivity index (χ4n) is 4.30. The molecule has 2 aromatic carbocycles. The van der Waals surface area contributed by atoms with E-state index >= 15 is 0 Å². The molecule has 0 radical (unpaired) electrons. The summed E-state index contributed by atoms with van der Waals surface area (Å²) < 4.78 is 5.83. The Bertz CT molecular complexity index is 1200. The van der Waals surface area contributed by atoms with Crippen LogP contribution in [0.3, 0.4) is 0 Å². The second-order valence-electron chi connectivity index (χ2n) is 8.48. The molecule has 4 atom stereocenters. The third-order valence-electron chi connectivity index (χ3n) is 6.13. The molecule has 3 amide bonds.